The largest absolute Gasteiger partial charge is 0.333 e. The Morgan fingerprint density at radius 1 is 1.33 bits per heavy atom. The second-order valence-corrected chi connectivity index (χ2v) is 5.79. The molecule has 0 radical (unpaired) electrons. The predicted octanol–water partition coefficient (Wildman–Crippen LogP) is 2.30. The van der Waals surface area contributed by atoms with E-state index in [0.717, 1.165) is 29.3 Å². The van der Waals surface area contributed by atoms with Crippen molar-refractivity contribution in [3.8, 4) is 0 Å². The van der Waals surface area contributed by atoms with Crippen LogP contribution in [0.25, 0.3) is 0 Å². The molecule has 0 aliphatic carbocycles. The SMILES string of the molecule is O=C(CN1CCCCCC1=O)N/N=C\c1ccccc1Br. The van der Waals surface area contributed by atoms with Crippen LogP contribution in [0.4, 0.5) is 0 Å². The van der Waals surface area contributed by atoms with Crippen LogP contribution >= 0.6 is 15.9 Å². The normalized spacial score (nSPS) is 16.0. The molecule has 1 aliphatic rings. The quantitative estimate of drug-likeness (QED) is 0.668. The minimum Gasteiger partial charge on any atom is -0.333 e. The number of hydrogen-bond donors (Lipinski definition) is 1. The average Bonchev–Trinajstić information content (AvgIpc) is 2.66. The van der Waals surface area contributed by atoms with E-state index in [1.807, 2.05) is 24.3 Å². The summed E-state index contributed by atoms with van der Waals surface area (Å²) in [6.45, 7) is 0.729. The lowest BCUT2D eigenvalue weighted by Crippen LogP contribution is -2.39. The number of hydrogen-bond acceptors (Lipinski definition) is 3. The molecule has 0 spiro atoms. The summed E-state index contributed by atoms with van der Waals surface area (Å²) in [5.74, 6) is -0.217. The van der Waals surface area contributed by atoms with Gasteiger partial charge in [0.1, 0.15) is 6.54 Å². The summed E-state index contributed by atoms with van der Waals surface area (Å²) in [7, 11) is 0. The summed E-state index contributed by atoms with van der Waals surface area (Å²) < 4.78 is 0.908. The molecule has 0 unspecified atom stereocenters. The van der Waals surface area contributed by atoms with Crippen LogP contribution in [0.2, 0.25) is 0 Å². The Bertz CT molecular complexity index is 545. The molecular weight excluding hydrogens is 334 g/mol. The molecule has 0 bridgehead atoms. The van der Waals surface area contributed by atoms with Crippen LogP contribution in [-0.2, 0) is 9.59 Å². The molecule has 112 valence electrons. The Kier molecular flexibility index (Phi) is 5.92. The minimum absolute atomic E-state index is 0.0532. The average molecular weight is 352 g/mol. The van der Waals surface area contributed by atoms with Gasteiger partial charge in [-0.1, -0.05) is 40.5 Å². The van der Waals surface area contributed by atoms with Gasteiger partial charge in [-0.3, -0.25) is 9.59 Å². The van der Waals surface area contributed by atoms with Gasteiger partial charge in [0.15, 0.2) is 0 Å². The first-order chi connectivity index (χ1) is 10.2. The van der Waals surface area contributed by atoms with Gasteiger partial charge in [0.05, 0.1) is 6.21 Å². The lowest BCUT2D eigenvalue weighted by atomic mass is 10.2. The first-order valence-corrected chi connectivity index (χ1v) is 7.80. The zero-order chi connectivity index (χ0) is 15.1. The molecule has 5 nitrogen and oxygen atoms in total. The molecule has 1 aliphatic heterocycles. The van der Waals surface area contributed by atoms with E-state index in [0.29, 0.717) is 13.0 Å². The van der Waals surface area contributed by atoms with Crippen LogP contribution < -0.4 is 5.43 Å². The fourth-order valence-corrected chi connectivity index (χ4v) is 2.56. The highest BCUT2D eigenvalue weighted by Crippen LogP contribution is 2.13. The molecule has 0 atom stereocenters. The molecule has 21 heavy (non-hydrogen) atoms. The van der Waals surface area contributed by atoms with E-state index in [4.69, 9.17) is 0 Å². The smallest absolute Gasteiger partial charge is 0.259 e. The molecule has 1 saturated heterocycles. The number of carbonyl (C=O) groups is 2. The van der Waals surface area contributed by atoms with E-state index in [1.165, 1.54) is 0 Å². The molecule has 6 heteroatoms. The van der Waals surface area contributed by atoms with Crippen LogP contribution in [0, 0.1) is 0 Å². The number of hydrazone groups is 1. The molecule has 2 rings (SSSR count). The summed E-state index contributed by atoms with van der Waals surface area (Å²) in [6, 6.07) is 7.59. The number of nitrogens with zero attached hydrogens (tertiary/aromatic N) is 2. The van der Waals surface area contributed by atoms with Crippen molar-refractivity contribution in [3.63, 3.8) is 0 Å². The van der Waals surface area contributed by atoms with E-state index < -0.39 is 0 Å². The van der Waals surface area contributed by atoms with Gasteiger partial charge >= 0.3 is 0 Å². The van der Waals surface area contributed by atoms with E-state index in [9.17, 15) is 9.59 Å². The Morgan fingerprint density at radius 3 is 2.95 bits per heavy atom. The van der Waals surface area contributed by atoms with Crippen LogP contribution in [0.5, 0.6) is 0 Å². The molecule has 1 fully saturated rings. The Labute approximate surface area is 132 Å². The van der Waals surface area contributed by atoms with Crippen molar-refractivity contribution in [2.45, 2.75) is 25.7 Å². The number of carbonyl (C=O) groups excluding carboxylic acids is 2. The number of benzene rings is 1. The molecule has 1 N–H and O–H groups in total. The third kappa shape index (κ3) is 4.97. The fraction of sp³-hybridized carbons (Fsp3) is 0.400. The number of rotatable bonds is 4. The van der Waals surface area contributed by atoms with E-state index in [2.05, 4.69) is 26.5 Å². The van der Waals surface area contributed by atoms with Crippen molar-refractivity contribution in [1.82, 2.24) is 10.3 Å². The first kappa shape index (κ1) is 15.7. The van der Waals surface area contributed by atoms with E-state index in [1.54, 1.807) is 11.1 Å². The summed E-state index contributed by atoms with van der Waals surface area (Å²) in [5, 5.41) is 3.92. The van der Waals surface area contributed by atoms with Crippen LogP contribution in [0.15, 0.2) is 33.8 Å². The van der Waals surface area contributed by atoms with Crippen molar-refractivity contribution in [2.24, 2.45) is 5.10 Å². The van der Waals surface area contributed by atoms with Gasteiger partial charge in [0.25, 0.3) is 5.91 Å². The number of amides is 2. The maximum absolute atomic E-state index is 11.8. The monoisotopic (exact) mass is 351 g/mol. The van der Waals surface area contributed by atoms with Crippen LogP contribution in [-0.4, -0.2) is 36.0 Å². The van der Waals surface area contributed by atoms with Crippen molar-refractivity contribution in [1.29, 1.82) is 0 Å². The standard InChI is InChI=1S/C15H18BrN3O2/c16-13-7-4-3-6-12(13)10-17-18-14(20)11-19-9-5-1-2-8-15(19)21/h3-4,6-7,10H,1-2,5,8-9,11H2,(H,18,20)/b17-10-. The van der Waals surface area contributed by atoms with Gasteiger partial charge in [-0.2, -0.15) is 5.10 Å². The molecule has 1 aromatic rings. The maximum Gasteiger partial charge on any atom is 0.259 e. The minimum atomic E-state index is -0.270. The van der Waals surface area contributed by atoms with E-state index >= 15 is 0 Å². The highest BCUT2D eigenvalue weighted by Gasteiger charge is 2.18. The summed E-state index contributed by atoms with van der Waals surface area (Å²) in [6.07, 6.45) is 5.03. The van der Waals surface area contributed by atoms with Crippen molar-refractivity contribution < 1.29 is 9.59 Å². The Hall–Kier alpha value is -1.69. The zero-order valence-electron chi connectivity index (χ0n) is 11.7. The number of halogens is 1. The van der Waals surface area contributed by atoms with Crippen LogP contribution in [0.3, 0.4) is 0 Å². The lowest BCUT2D eigenvalue weighted by molar-refractivity contribution is -0.135. The fourth-order valence-electron chi connectivity index (χ4n) is 2.17. The zero-order valence-corrected chi connectivity index (χ0v) is 13.3. The first-order valence-electron chi connectivity index (χ1n) is 7.01. The van der Waals surface area contributed by atoms with Gasteiger partial charge in [0, 0.05) is 23.0 Å². The maximum atomic E-state index is 11.8. The summed E-state index contributed by atoms with van der Waals surface area (Å²) in [5.41, 5.74) is 3.34. The number of likely N-dealkylation sites (tertiary alicyclic amines) is 1. The topological polar surface area (TPSA) is 61.8 Å². The highest BCUT2D eigenvalue weighted by molar-refractivity contribution is 9.10. The van der Waals surface area contributed by atoms with Crippen LogP contribution in [0.1, 0.15) is 31.2 Å². The highest BCUT2D eigenvalue weighted by atomic mass is 79.9. The molecule has 0 saturated carbocycles. The lowest BCUT2D eigenvalue weighted by Gasteiger charge is -2.18. The molecule has 1 heterocycles. The molecule has 0 aromatic heterocycles. The molecular formula is C15H18BrN3O2. The van der Waals surface area contributed by atoms with Crippen molar-refractivity contribution in [2.75, 3.05) is 13.1 Å². The van der Waals surface area contributed by atoms with Gasteiger partial charge in [-0.25, -0.2) is 5.43 Å². The molecule has 1 aromatic carbocycles. The Balaban J connectivity index is 1.84. The second kappa shape index (κ2) is 7.93. The third-order valence-corrected chi connectivity index (χ3v) is 4.03. The molecule has 2 amide bonds. The van der Waals surface area contributed by atoms with Gasteiger partial charge in [0.2, 0.25) is 5.91 Å². The van der Waals surface area contributed by atoms with Gasteiger partial charge < -0.3 is 4.90 Å². The summed E-state index contributed by atoms with van der Waals surface area (Å²) >= 11 is 3.40. The van der Waals surface area contributed by atoms with Gasteiger partial charge in [-0.15, -0.1) is 0 Å². The van der Waals surface area contributed by atoms with Crippen molar-refractivity contribution >= 4 is 34.0 Å². The second-order valence-electron chi connectivity index (χ2n) is 4.94. The number of nitrogens with one attached hydrogen (secondary N) is 1. The summed E-state index contributed by atoms with van der Waals surface area (Å²) in [4.78, 5) is 25.2. The van der Waals surface area contributed by atoms with E-state index in [-0.39, 0.29) is 18.4 Å². The van der Waals surface area contributed by atoms with Crippen molar-refractivity contribution in [3.05, 3.63) is 34.3 Å². The predicted molar refractivity (Wildman–Crippen MR) is 84.9 cm³/mol. The third-order valence-electron chi connectivity index (χ3n) is 3.30. The Morgan fingerprint density at radius 2 is 2.14 bits per heavy atom. The van der Waals surface area contributed by atoms with Gasteiger partial charge in [-0.05, 0) is 18.9 Å².